The fourth-order valence-electron chi connectivity index (χ4n) is 2.80. The highest BCUT2D eigenvalue weighted by Gasteiger charge is 2.21. The second-order valence-electron chi connectivity index (χ2n) is 8.97. The zero-order valence-corrected chi connectivity index (χ0v) is 17.5. The lowest BCUT2D eigenvalue weighted by Crippen LogP contribution is -2.16. The van der Waals surface area contributed by atoms with Gasteiger partial charge in [0.15, 0.2) is 0 Å². The Labute approximate surface area is 166 Å². The summed E-state index contributed by atoms with van der Waals surface area (Å²) in [6.45, 7) is 13.9. The third-order valence-corrected chi connectivity index (χ3v) is 4.57. The molecule has 6 heteroatoms. The highest BCUT2D eigenvalue weighted by molar-refractivity contribution is 5.54. The number of nitrogens with zero attached hydrogens (tertiary/aromatic N) is 3. The minimum Gasteiger partial charge on any atom is -0.489 e. The predicted molar refractivity (Wildman–Crippen MR) is 111 cm³/mol. The lowest BCUT2D eigenvalue weighted by molar-refractivity contribution is 0.304. The summed E-state index contributed by atoms with van der Waals surface area (Å²) in [5.41, 5.74) is 4.69. The minimum absolute atomic E-state index is 0. The van der Waals surface area contributed by atoms with Gasteiger partial charge in [-0.3, -0.25) is 0 Å². The van der Waals surface area contributed by atoms with Crippen molar-refractivity contribution in [2.24, 2.45) is 0 Å². The SMILES string of the molecule is CC(C)(C)c1cc(OCc2cccc(-c3nn[nH]n3)c2)cc(C(C)(C)C)c1.O. The fraction of sp³-hybridized carbons (Fsp3) is 0.409. The van der Waals surface area contributed by atoms with Gasteiger partial charge in [-0.1, -0.05) is 65.8 Å². The van der Waals surface area contributed by atoms with E-state index in [1.54, 1.807) is 0 Å². The average Bonchev–Trinajstić information content (AvgIpc) is 3.13. The molecule has 28 heavy (non-hydrogen) atoms. The third-order valence-electron chi connectivity index (χ3n) is 4.57. The highest BCUT2D eigenvalue weighted by Crippen LogP contribution is 2.33. The van der Waals surface area contributed by atoms with Crippen LogP contribution < -0.4 is 4.74 Å². The molecule has 0 unspecified atom stereocenters. The predicted octanol–water partition coefficient (Wildman–Crippen LogP) is 4.22. The number of hydrogen-bond acceptors (Lipinski definition) is 4. The van der Waals surface area contributed by atoms with Crippen molar-refractivity contribution in [3.05, 3.63) is 59.2 Å². The molecule has 0 amide bonds. The largest absolute Gasteiger partial charge is 0.489 e. The van der Waals surface area contributed by atoms with Crippen LogP contribution in [0.4, 0.5) is 0 Å². The number of nitrogens with one attached hydrogen (secondary N) is 1. The first-order valence-electron chi connectivity index (χ1n) is 9.24. The molecular formula is C22H30N4O2. The van der Waals surface area contributed by atoms with Crippen molar-refractivity contribution in [2.75, 3.05) is 0 Å². The third kappa shape index (κ3) is 5.16. The molecule has 0 spiro atoms. The summed E-state index contributed by atoms with van der Waals surface area (Å²) in [4.78, 5) is 0. The number of aromatic amines is 1. The van der Waals surface area contributed by atoms with E-state index >= 15 is 0 Å². The normalized spacial score (nSPS) is 11.8. The van der Waals surface area contributed by atoms with E-state index in [-0.39, 0.29) is 16.3 Å². The maximum atomic E-state index is 6.17. The van der Waals surface area contributed by atoms with E-state index in [2.05, 4.69) is 80.4 Å². The first-order chi connectivity index (χ1) is 12.6. The summed E-state index contributed by atoms with van der Waals surface area (Å²) in [6.07, 6.45) is 0. The second-order valence-corrected chi connectivity index (χ2v) is 8.97. The van der Waals surface area contributed by atoms with E-state index < -0.39 is 0 Å². The van der Waals surface area contributed by atoms with Crippen LogP contribution in [0.15, 0.2) is 42.5 Å². The molecule has 1 aromatic heterocycles. The van der Waals surface area contributed by atoms with Gasteiger partial charge >= 0.3 is 0 Å². The number of benzene rings is 2. The number of aromatic nitrogens is 4. The van der Waals surface area contributed by atoms with Crippen LogP contribution in [0.3, 0.4) is 0 Å². The van der Waals surface area contributed by atoms with Crippen molar-refractivity contribution in [1.82, 2.24) is 20.6 Å². The van der Waals surface area contributed by atoms with Crippen LogP contribution in [-0.4, -0.2) is 26.1 Å². The van der Waals surface area contributed by atoms with Crippen molar-refractivity contribution >= 4 is 0 Å². The van der Waals surface area contributed by atoms with Crippen LogP contribution >= 0.6 is 0 Å². The van der Waals surface area contributed by atoms with E-state index in [1.165, 1.54) is 11.1 Å². The molecule has 0 aliphatic rings. The molecule has 3 rings (SSSR count). The standard InChI is InChI=1S/C22H28N4O.H2O/c1-21(2,3)17-11-18(22(4,5)6)13-19(12-17)27-14-15-8-7-9-16(10-15)20-23-25-26-24-20;/h7-13H,14H2,1-6H3,(H,23,24,25,26);1H2. The molecule has 1 heterocycles. The van der Waals surface area contributed by atoms with E-state index in [0.29, 0.717) is 12.4 Å². The van der Waals surface area contributed by atoms with Crippen molar-refractivity contribution in [2.45, 2.75) is 59.0 Å². The van der Waals surface area contributed by atoms with E-state index in [0.717, 1.165) is 16.9 Å². The smallest absolute Gasteiger partial charge is 0.204 e. The zero-order valence-electron chi connectivity index (χ0n) is 17.5. The molecule has 0 aliphatic carbocycles. The number of tetrazole rings is 1. The van der Waals surface area contributed by atoms with Gasteiger partial charge < -0.3 is 10.2 Å². The second kappa shape index (κ2) is 8.10. The van der Waals surface area contributed by atoms with Gasteiger partial charge in [-0.2, -0.15) is 5.21 Å². The topological polar surface area (TPSA) is 95.2 Å². The maximum absolute atomic E-state index is 6.17. The minimum atomic E-state index is 0. The lowest BCUT2D eigenvalue weighted by Gasteiger charge is -2.26. The van der Waals surface area contributed by atoms with Gasteiger partial charge in [-0.25, -0.2) is 0 Å². The fourth-order valence-corrected chi connectivity index (χ4v) is 2.80. The molecule has 6 nitrogen and oxygen atoms in total. The van der Waals surface area contributed by atoms with Gasteiger partial charge in [0.05, 0.1) is 0 Å². The number of ether oxygens (including phenoxy) is 1. The molecule has 150 valence electrons. The summed E-state index contributed by atoms with van der Waals surface area (Å²) in [5, 5.41) is 14.2. The Balaban J connectivity index is 0.00000280. The Kier molecular flexibility index (Phi) is 6.24. The Bertz CT molecular complexity index is 875. The number of rotatable bonds is 4. The van der Waals surface area contributed by atoms with Gasteiger partial charge in [0.25, 0.3) is 0 Å². The van der Waals surface area contributed by atoms with Crippen molar-refractivity contribution in [3.63, 3.8) is 0 Å². The van der Waals surface area contributed by atoms with Gasteiger partial charge in [0, 0.05) is 5.56 Å². The van der Waals surface area contributed by atoms with E-state index in [9.17, 15) is 0 Å². The van der Waals surface area contributed by atoms with Crippen LogP contribution in [0.1, 0.15) is 58.2 Å². The molecule has 3 aromatic rings. The van der Waals surface area contributed by atoms with Gasteiger partial charge in [0.2, 0.25) is 5.82 Å². The molecule has 0 atom stereocenters. The zero-order chi connectivity index (χ0) is 19.7. The van der Waals surface area contributed by atoms with Gasteiger partial charge in [-0.05, 0) is 50.9 Å². The Hall–Kier alpha value is -2.73. The molecule has 0 saturated carbocycles. The molecule has 0 fully saturated rings. The van der Waals surface area contributed by atoms with E-state index in [4.69, 9.17) is 4.74 Å². The molecule has 2 aromatic carbocycles. The quantitative estimate of drug-likeness (QED) is 0.731. The lowest BCUT2D eigenvalue weighted by atomic mass is 9.80. The van der Waals surface area contributed by atoms with Crippen molar-refractivity contribution < 1.29 is 10.2 Å². The molecule has 3 N–H and O–H groups in total. The van der Waals surface area contributed by atoms with Crippen LogP contribution in [0, 0.1) is 0 Å². The summed E-state index contributed by atoms with van der Waals surface area (Å²) in [6, 6.07) is 14.6. The first-order valence-corrected chi connectivity index (χ1v) is 9.24. The summed E-state index contributed by atoms with van der Waals surface area (Å²) >= 11 is 0. The molecule has 0 saturated heterocycles. The summed E-state index contributed by atoms with van der Waals surface area (Å²) < 4.78 is 6.17. The van der Waals surface area contributed by atoms with Crippen molar-refractivity contribution in [3.8, 4) is 17.1 Å². The first kappa shape index (κ1) is 21.6. The Morgan fingerprint density at radius 1 is 0.893 bits per heavy atom. The van der Waals surface area contributed by atoms with Crippen LogP contribution in [-0.2, 0) is 17.4 Å². The van der Waals surface area contributed by atoms with Gasteiger partial charge in [0.1, 0.15) is 12.4 Å². The maximum Gasteiger partial charge on any atom is 0.204 e. The molecule has 0 aliphatic heterocycles. The van der Waals surface area contributed by atoms with E-state index in [1.807, 2.05) is 24.3 Å². The molecule has 0 radical (unpaired) electrons. The molecule has 0 bridgehead atoms. The number of hydrogen-bond donors (Lipinski definition) is 1. The van der Waals surface area contributed by atoms with Crippen LogP contribution in [0.2, 0.25) is 0 Å². The number of H-pyrrole nitrogens is 1. The van der Waals surface area contributed by atoms with Crippen molar-refractivity contribution in [1.29, 1.82) is 0 Å². The average molecular weight is 383 g/mol. The Morgan fingerprint density at radius 2 is 1.54 bits per heavy atom. The van der Waals surface area contributed by atoms with Crippen LogP contribution in [0.25, 0.3) is 11.4 Å². The molecular weight excluding hydrogens is 352 g/mol. The Morgan fingerprint density at radius 3 is 2.07 bits per heavy atom. The highest BCUT2D eigenvalue weighted by atomic mass is 16.5. The summed E-state index contributed by atoms with van der Waals surface area (Å²) in [7, 11) is 0. The monoisotopic (exact) mass is 382 g/mol. The summed E-state index contributed by atoms with van der Waals surface area (Å²) in [5.74, 6) is 1.49. The van der Waals surface area contributed by atoms with Gasteiger partial charge in [-0.15, -0.1) is 10.2 Å². The van der Waals surface area contributed by atoms with Crippen LogP contribution in [0.5, 0.6) is 5.75 Å².